The molecule has 0 saturated heterocycles. The van der Waals surface area contributed by atoms with Gasteiger partial charge in [-0.25, -0.2) is 28.7 Å². The summed E-state index contributed by atoms with van der Waals surface area (Å²) in [5.74, 6) is 0.879. The predicted octanol–water partition coefficient (Wildman–Crippen LogP) is 3.80. The van der Waals surface area contributed by atoms with Gasteiger partial charge in [-0.1, -0.05) is 12.1 Å². The third kappa shape index (κ3) is 3.51. The van der Waals surface area contributed by atoms with Crippen molar-refractivity contribution in [2.24, 2.45) is 5.73 Å². The maximum atomic E-state index is 13.0. The van der Waals surface area contributed by atoms with Gasteiger partial charge in [0.1, 0.15) is 11.4 Å². The molecule has 4 aromatic rings. The Morgan fingerprint density at radius 2 is 2.00 bits per heavy atom. The fourth-order valence-electron chi connectivity index (χ4n) is 2.67. The molecule has 0 unspecified atom stereocenters. The summed E-state index contributed by atoms with van der Waals surface area (Å²) in [5, 5.41) is 0. The van der Waals surface area contributed by atoms with Gasteiger partial charge < -0.3 is 5.73 Å². The number of imidazole rings is 1. The molecule has 9 heteroatoms. The van der Waals surface area contributed by atoms with Gasteiger partial charge in [0.05, 0.1) is 18.1 Å². The van der Waals surface area contributed by atoms with Crippen molar-refractivity contribution in [2.75, 3.05) is 5.88 Å². The van der Waals surface area contributed by atoms with E-state index in [1.165, 1.54) is 28.6 Å². The van der Waals surface area contributed by atoms with Gasteiger partial charge >= 0.3 is 0 Å². The fourth-order valence-corrected chi connectivity index (χ4v) is 3.24. The zero-order chi connectivity index (χ0) is 18.8. The van der Waals surface area contributed by atoms with Crippen molar-refractivity contribution in [2.45, 2.75) is 11.3 Å². The number of nitrogens with two attached hydrogens (primary N) is 1. The van der Waals surface area contributed by atoms with E-state index in [2.05, 4.69) is 19.9 Å². The molecule has 0 spiro atoms. The summed E-state index contributed by atoms with van der Waals surface area (Å²) in [6.07, 6.45) is 3.08. The lowest BCUT2D eigenvalue weighted by atomic mass is 10.1. The van der Waals surface area contributed by atoms with Gasteiger partial charge in [-0.2, -0.15) is 0 Å². The smallest absolute Gasteiger partial charge is 0.281 e. The van der Waals surface area contributed by atoms with Gasteiger partial charge in [-0.05, 0) is 18.2 Å². The van der Waals surface area contributed by atoms with Gasteiger partial charge in [0.15, 0.2) is 11.5 Å². The maximum Gasteiger partial charge on any atom is 0.281 e. The lowest BCUT2D eigenvalue weighted by Crippen LogP contribution is -1.99. The minimum absolute atomic E-state index is 0.329. The van der Waals surface area contributed by atoms with Crippen LogP contribution in [0.2, 0.25) is 0 Å². The van der Waals surface area contributed by atoms with Crippen LogP contribution in [0.25, 0.3) is 28.4 Å². The van der Waals surface area contributed by atoms with Crippen LogP contribution >= 0.6 is 11.8 Å². The Hall–Kier alpha value is -2.91. The minimum atomic E-state index is -2.67. The number of alkyl halides is 2. The van der Waals surface area contributed by atoms with Crippen molar-refractivity contribution in [1.82, 2.24) is 24.3 Å². The van der Waals surface area contributed by atoms with E-state index < -0.39 is 6.43 Å². The molecule has 6 nitrogen and oxygen atoms in total. The van der Waals surface area contributed by atoms with E-state index in [-0.39, 0.29) is 5.69 Å². The van der Waals surface area contributed by atoms with E-state index in [0.29, 0.717) is 23.0 Å². The van der Waals surface area contributed by atoms with Crippen molar-refractivity contribution in [3.8, 4) is 22.8 Å². The Morgan fingerprint density at radius 3 is 2.81 bits per heavy atom. The van der Waals surface area contributed by atoms with Crippen molar-refractivity contribution < 1.29 is 8.78 Å². The summed E-state index contributed by atoms with van der Waals surface area (Å²) in [5.41, 5.74) is 7.87. The minimum Gasteiger partial charge on any atom is -0.322 e. The quantitative estimate of drug-likeness (QED) is 0.416. The first kappa shape index (κ1) is 17.5. The molecule has 0 aliphatic carbocycles. The molecule has 0 radical (unpaired) electrons. The van der Waals surface area contributed by atoms with Crippen LogP contribution in [0.15, 0.2) is 60.0 Å². The number of nitrogens with zero attached hydrogens (tertiary/aromatic N) is 5. The number of thioether (sulfide) groups is 1. The molecule has 0 bridgehead atoms. The van der Waals surface area contributed by atoms with Gasteiger partial charge in [0.25, 0.3) is 6.43 Å². The Kier molecular flexibility index (Phi) is 4.78. The lowest BCUT2D eigenvalue weighted by Gasteiger charge is -2.06. The number of hydrogen-bond donors (Lipinski definition) is 1. The highest BCUT2D eigenvalue weighted by molar-refractivity contribution is 7.99. The Morgan fingerprint density at radius 1 is 1.11 bits per heavy atom. The molecular weight excluding hydrogens is 370 g/mol. The monoisotopic (exact) mass is 384 g/mol. The van der Waals surface area contributed by atoms with Crippen molar-refractivity contribution >= 4 is 17.4 Å². The lowest BCUT2D eigenvalue weighted by molar-refractivity contribution is 0.145. The van der Waals surface area contributed by atoms with Crippen LogP contribution in [0.5, 0.6) is 0 Å². The maximum absolute atomic E-state index is 13.0. The van der Waals surface area contributed by atoms with Crippen molar-refractivity contribution in [3.05, 3.63) is 60.8 Å². The molecule has 3 heterocycles. The van der Waals surface area contributed by atoms with Crippen LogP contribution in [0, 0.1) is 0 Å². The van der Waals surface area contributed by atoms with Crippen LogP contribution in [0.3, 0.4) is 0 Å². The summed E-state index contributed by atoms with van der Waals surface area (Å²) in [6, 6.07) is 9.65. The van der Waals surface area contributed by atoms with Crippen LogP contribution < -0.4 is 5.73 Å². The number of aromatic nitrogens is 5. The van der Waals surface area contributed by atoms with E-state index in [0.717, 1.165) is 16.2 Å². The number of hydrogen-bond acceptors (Lipinski definition) is 6. The second kappa shape index (κ2) is 7.37. The van der Waals surface area contributed by atoms with Crippen molar-refractivity contribution in [3.63, 3.8) is 0 Å². The topological polar surface area (TPSA) is 82.0 Å². The Balaban J connectivity index is 1.78. The normalized spacial score (nSPS) is 11.4. The first-order chi connectivity index (χ1) is 13.2. The van der Waals surface area contributed by atoms with E-state index in [1.807, 2.05) is 24.3 Å². The molecule has 0 saturated carbocycles. The average molecular weight is 384 g/mol. The van der Waals surface area contributed by atoms with Gasteiger partial charge in [-0.3, -0.25) is 4.40 Å². The molecule has 0 aliphatic heterocycles. The fraction of sp³-hybridized carbons (Fsp3) is 0.111. The highest BCUT2D eigenvalue weighted by atomic mass is 32.2. The molecule has 1 aromatic carbocycles. The van der Waals surface area contributed by atoms with E-state index in [4.69, 9.17) is 5.73 Å². The van der Waals surface area contributed by atoms with Crippen LogP contribution in [-0.4, -0.2) is 30.2 Å². The van der Waals surface area contributed by atoms with Gasteiger partial charge in [-0.15, -0.1) is 11.8 Å². The average Bonchev–Trinajstić information content (AvgIpc) is 3.12. The SMILES string of the molecule is NCSc1cccc(-c2ccnc(-c3cnc4cnc(C(F)F)cn34)n2)c1. The summed E-state index contributed by atoms with van der Waals surface area (Å²) in [6.45, 7) is 0. The third-order valence-electron chi connectivity index (χ3n) is 3.90. The zero-order valence-electron chi connectivity index (χ0n) is 14.0. The van der Waals surface area contributed by atoms with Gasteiger partial charge in [0.2, 0.25) is 0 Å². The molecule has 0 amide bonds. The largest absolute Gasteiger partial charge is 0.322 e. The number of rotatable bonds is 5. The molecule has 4 rings (SSSR count). The van der Waals surface area contributed by atoms with Gasteiger partial charge in [0, 0.05) is 28.7 Å². The number of halogens is 2. The van der Waals surface area contributed by atoms with Crippen LogP contribution in [0.1, 0.15) is 12.1 Å². The second-order valence-electron chi connectivity index (χ2n) is 5.59. The first-order valence-electron chi connectivity index (χ1n) is 8.03. The Labute approximate surface area is 157 Å². The van der Waals surface area contributed by atoms with Crippen LogP contribution in [-0.2, 0) is 0 Å². The van der Waals surface area contributed by atoms with Crippen LogP contribution in [0.4, 0.5) is 8.78 Å². The highest BCUT2D eigenvalue weighted by Crippen LogP contribution is 2.26. The summed E-state index contributed by atoms with van der Waals surface area (Å²) < 4.78 is 27.5. The van der Waals surface area contributed by atoms with E-state index >= 15 is 0 Å². The third-order valence-corrected chi connectivity index (χ3v) is 4.66. The standard InChI is InChI=1S/C18H14F2N6S/c19-17(20)14-9-26-15(7-24-16(26)8-23-14)18-22-5-4-13(25-18)11-2-1-3-12(6-11)27-10-21/h1-9,17H,10,21H2. The molecule has 3 aromatic heterocycles. The van der Waals surface area contributed by atoms with E-state index in [9.17, 15) is 8.78 Å². The highest BCUT2D eigenvalue weighted by Gasteiger charge is 2.14. The molecular formula is C18H14F2N6S. The summed E-state index contributed by atoms with van der Waals surface area (Å²) in [7, 11) is 0. The predicted molar refractivity (Wildman–Crippen MR) is 99.3 cm³/mol. The summed E-state index contributed by atoms with van der Waals surface area (Å²) in [4.78, 5) is 17.8. The molecule has 27 heavy (non-hydrogen) atoms. The molecule has 2 N–H and O–H groups in total. The number of fused-ring (bicyclic) bond motifs is 1. The molecule has 0 aliphatic rings. The zero-order valence-corrected chi connectivity index (χ0v) is 14.8. The molecule has 136 valence electrons. The number of benzene rings is 1. The summed E-state index contributed by atoms with van der Waals surface area (Å²) >= 11 is 1.53. The molecule has 0 fully saturated rings. The van der Waals surface area contributed by atoms with E-state index in [1.54, 1.807) is 18.5 Å². The van der Waals surface area contributed by atoms with Crippen molar-refractivity contribution in [1.29, 1.82) is 0 Å². The first-order valence-corrected chi connectivity index (χ1v) is 9.02. The Bertz CT molecular complexity index is 1100. The second-order valence-corrected chi connectivity index (χ2v) is 6.68. The molecule has 0 atom stereocenters.